The normalized spacial score (nSPS) is 11.8. The number of carbonyl (C=O) groups is 1. The van der Waals surface area contributed by atoms with Gasteiger partial charge in [-0.2, -0.15) is 0 Å². The largest absolute Gasteiger partial charge is 0.496 e. The number of halogens is 1. The van der Waals surface area contributed by atoms with Crippen molar-refractivity contribution < 1.29 is 14.6 Å². The molecule has 116 valence electrons. The van der Waals surface area contributed by atoms with E-state index < -0.39 is 5.97 Å². The molecule has 6 heteroatoms. The van der Waals surface area contributed by atoms with Crippen LogP contribution in [0.5, 0.6) is 5.75 Å². The fourth-order valence-corrected chi connectivity index (χ4v) is 1.80. The smallest absolute Gasteiger partial charge is 0.328 e. The van der Waals surface area contributed by atoms with E-state index in [0.29, 0.717) is 23.0 Å². The molecule has 22 heavy (non-hydrogen) atoms. The van der Waals surface area contributed by atoms with Crippen LogP contribution in [0.3, 0.4) is 0 Å². The summed E-state index contributed by atoms with van der Waals surface area (Å²) in [5, 5.41) is 12.4. The SMILES string of the molecule is C=CN=C/C=C(\C=C\C(=O)O)NCc1cc(Cl)ccc1OC. The van der Waals surface area contributed by atoms with Crippen LogP contribution in [0.2, 0.25) is 5.02 Å². The Labute approximate surface area is 134 Å². The highest BCUT2D eigenvalue weighted by atomic mass is 35.5. The molecule has 5 nitrogen and oxygen atoms in total. The second kappa shape index (κ2) is 9.41. The first-order chi connectivity index (χ1) is 10.6. The van der Waals surface area contributed by atoms with Crippen LogP contribution in [0.1, 0.15) is 5.56 Å². The van der Waals surface area contributed by atoms with Crippen LogP contribution >= 0.6 is 11.6 Å². The van der Waals surface area contributed by atoms with Crippen LogP contribution in [0.25, 0.3) is 0 Å². The quantitative estimate of drug-likeness (QED) is 0.438. The predicted molar refractivity (Wildman–Crippen MR) is 88.4 cm³/mol. The van der Waals surface area contributed by atoms with Gasteiger partial charge in [0.25, 0.3) is 0 Å². The van der Waals surface area contributed by atoms with Crippen molar-refractivity contribution >= 4 is 23.8 Å². The molecular weight excluding hydrogens is 304 g/mol. The van der Waals surface area contributed by atoms with Crippen LogP contribution in [0, 0.1) is 0 Å². The topological polar surface area (TPSA) is 70.9 Å². The molecule has 0 aliphatic heterocycles. The van der Waals surface area contributed by atoms with Gasteiger partial charge in [0.2, 0.25) is 0 Å². The first-order valence-electron chi connectivity index (χ1n) is 6.38. The number of hydrogen-bond acceptors (Lipinski definition) is 4. The number of benzene rings is 1. The number of allylic oxidation sites excluding steroid dienone is 2. The third-order valence-corrected chi connectivity index (χ3v) is 2.81. The number of carboxylic acids is 1. The number of aliphatic carboxylic acids is 1. The number of hydrogen-bond donors (Lipinski definition) is 2. The van der Waals surface area contributed by atoms with Crippen molar-refractivity contribution in [3.8, 4) is 5.75 Å². The Morgan fingerprint density at radius 2 is 2.27 bits per heavy atom. The molecule has 0 heterocycles. The number of aliphatic imine (C=N–C) groups is 1. The van der Waals surface area contributed by atoms with E-state index in [0.717, 1.165) is 11.6 Å². The van der Waals surface area contributed by atoms with Crippen LogP contribution < -0.4 is 10.1 Å². The molecule has 0 saturated heterocycles. The lowest BCUT2D eigenvalue weighted by molar-refractivity contribution is -0.131. The highest BCUT2D eigenvalue weighted by Gasteiger charge is 2.04. The Bertz CT molecular complexity index is 622. The molecule has 0 atom stereocenters. The lowest BCUT2D eigenvalue weighted by Crippen LogP contribution is -2.12. The van der Waals surface area contributed by atoms with E-state index in [1.54, 1.807) is 31.4 Å². The summed E-state index contributed by atoms with van der Waals surface area (Å²) in [6, 6.07) is 5.29. The van der Waals surface area contributed by atoms with E-state index >= 15 is 0 Å². The van der Waals surface area contributed by atoms with Gasteiger partial charge in [-0.3, -0.25) is 4.99 Å². The van der Waals surface area contributed by atoms with Gasteiger partial charge in [-0.1, -0.05) is 18.2 Å². The van der Waals surface area contributed by atoms with Gasteiger partial charge in [-0.25, -0.2) is 4.79 Å². The van der Waals surface area contributed by atoms with Crippen molar-refractivity contribution in [2.75, 3.05) is 7.11 Å². The summed E-state index contributed by atoms with van der Waals surface area (Å²) >= 11 is 5.97. The number of nitrogens with zero attached hydrogens (tertiary/aromatic N) is 1. The van der Waals surface area contributed by atoms with Crippen molar-refractivity contribution in [1.29, 1.82) is 0 Å². The highest BCUT2D eigenvalue weighted by Crippen LogP contribution is 2.22. The van der Waals surface area contributed by atoms with Crippen LogP contribution in [0.15, 0.2) is 59.9 Å². The molecular formula is C16H17ClN2O3. The monoisotopic (exact) mass is 320 g/mol. The Balaban J connectivity index is 2.88. The first kappa shape index (κ1) is 17.5. The summed E-state index contributed by atoms with van der Waals surface area (Å²) < 4.78 is 5.26. The molecule has 0 aromatic heterocycles. The molecule has 0 fully saturated rings. The molecule has 1 rings (SSSR count). The average molecular weight is 321 g/mol. The molecule has 1 aromatic carbocycles. The minimum absolute atomic E-state index is 0.418. The number of ether oxygens (including phenoxy) is 1. The van der Waals surface area contributed by atoms with Gasteiger partial charge in [0.05, 0.1) is 7.11 Å². The maximum atomic E-state index is 10.6. The van der Waals surface area contributed by atoms with E-state index in [2.05, 4.69) is 16.9 Å². The molecule has 0 aliphatic carbocycles. The van der Waals surface area contributed by atoms with E-state index in [-0.39, 0.29) is 0 Å². The van der Waals surface area contributed by atoms with Gasteiger partial charge >= 0.3 is 5.97 Å². The van der Waals surface area contributed by atoms with Crippen LogP contribution in [-0.2, 0) is 11.3 Å². The molecule has 0 unspecified atom stereocenters. The number of carboxylic acid groups (broad SMARTS) is 1. The summed E-state index contributed by atoms with van der Waals surface area (Å²) in [6.07, 6.45) is 7.01. The second-order valence-corrected chi connectivity index (χ2v) is 4.52. The molecule has 1 aromatic rings. The second-order valence-electron chi connectivity index (χ2n) is 4.08. The Hall–Kier alpha value is -2.53. The lowest BCUT2D eigenvalue weighted by Gasteiger charge is -2.11. The van der Waals surface area contributed by atoms with Crippen LogP contribution in [-0.4, -0.2) is 24.4 Å². The molecule has 0 bridgehead atoms. The Morgan fingerprint density at radius 1 is 1.50 bits per heavy atom. The highest BCUT2D eigenvalue weighted by molar-refractivity contribution is 6.30. The van der Waals surface area contributed by atoms with Crippen molar-refractivity contribution in [3.63, 3.8) is 0 Å². The van der Waals surface area contributed by atoms with Crippen molar-refractivity contribution in [2.24, 2.45) is 4.99 Å². The molecule has 0 saturated carbocycles. The van der Waals surface area contributed by atoms with Crippen molar-refractivity contribution in [3.05, 3.63) is 65.5 Å². The van der Waals surface area contributed by atoms with Gasteiger partial charge in [0, 0.05) is 41.3 Å². The maximum Gasteiger partial charge on any atom is 0.328 e. The fourth-order valence-electron chi connectivity index (χ4n) is 1.60. The summed E-state index contributed by atoms with van der Waals surface area (Å²) in [4.78, 5) is 14.5. The maximum absolute atomic E-state index is 10.6. The van der Waals surface area contributed by atoms with Gasteiger partial charge in [-0.05, 0) is 30.4 Å². The third kappa shape index (κ3) is 6.28. The van der Waals surface area contributed by atoms with Crippen molar-refractivity contribution in [1.82, 2.24) is 5.32 Å². The van der Waals surface area contributed by atoms with E-state index in [1.165, 1.54) is 18.5 Å². The summed E-state index contributed by atoms with van der Waals surface area (Å²) in [6.45, 7) is 3.88. The Morgan fingerprint density at radius 3 is 2.91 bits per heavy atom. The van der Waals surface area contributed by atoms with Gasteiger partial charge in [0.1, 0.15) is 5.75 Å². The van der Waals surface area contributed by atoms with E-state index in [1.807, 2.05) is 0 Å². The van der Waals surface area contributed by atoms with E-state index in [9.17, 15) is 4.79 Å². The number of methoxy groups -OCH3 is 1. The zero-order valence-corrected chi connectivity index (χ0v) is 12.9. The predicted octanol–water partition coefficient (Wildman–Crippen LogP) is 3.18. The van der Waals surface area contributed by atoms with Crippen molar-refractivity contribution in [2.45, 2.75) is 6.54 Å². The standard InChI is InChI=1S/C16H17ClN2O3/c1-3-18-9-8-14(5-7-16(20)21)19-11-12-10-13(17)4-6-15(12)22-2/h3-10,19H,1,11H2,2H3,(H,20,21)/b7-5+,14-8+,18-9?. The summed E-state index contributed by atoms with van der Waals surface area (Å²) in [5.74, 6) is -0.341. The third-order valence-electron chi connectivity index (χ3n) is 2.58. The Kier molecular flexibility index (Phi) is 7.50. The first-order valence-corrected chi connectivity index (χ1v) is 6.76. The minimum Gasteiger partial charge on any atom is -0.496 e. The molecule has 0 spiro atoms. The zero-order valence-electron chi connectivity index (χ0n) is 12.1. The van der Waals surface area contributed by atoms with E-state index in [4.69, 9.17) is 21.4 Å². The zero-order chi connectivity index (χ0) is 16.4. The summed E-state index contributed by atoms with van der Waals surface area (Å²) in [7, 11) is 1.57. The average Bonchev–Trinajstić information content (AvgIpc) is 2.49. The molecule has 0 radical (unpaired) electrons. The number of nitrogens with one attached hydrogen (secondary N) is 1. The molecule has 0 amide bonds. The van der Waals surface area contributed by atoms with Gasteiger partial charge in [-0.15, -0.1) is 0 Å². The molecule has 0 aliphatic rings. The van der Waals surface area contributed by atoms with Crippen LogP contribution in [0.4, 0.5) is 0 Å². The van der Waals surface area contributed by atoms with Gasteiger partial charge in [0.15, 0.2) is 0 Å². The fraction of sp³-hybridized carbons (Fsp3) is 0.125. The lowest BCUT2D eigenvalue weighted by atomic mass is 10.2. The molecule has 2 N–H and O–H groups in total. The summed E-state index contributed by atoms with van der Waals surface area (Å²) in [5.41, 5.74) is 1.43. The minimum atomic E-state index is -1.03. The number of rotatable bonds is 8. The van der Waals surface area contributed by atoms with Gasteiger partial charge < -0.3 is 15.2 Å².